The van der Waals surface area contributed by atoms with Crippen LogP contribution in [-0.4, -0.2) is 108 Å². The van der Waals surface area contributed by atoms with E-state index in [0.717, 1.165) is 28.8 Å². The second-order valence-electron chi connectivity index (χ2n) is 27.0. The Morgan fingerprint density at radius 2 is 1.02 bits per heavy atom. The number of methoxy groups -OCH3 is 1. The van der Waals surface area contributed by atoms with Gasteiger partial charge >= 0.3 is 12.1 Å². The van der Waals surface area contributed by atoms with Crippen LogP contribution in [-0.2, 0) is 40.2 Å². The van der Waals surface area contributed by atoms with E-state index in [1.165, 1.54) is 60.8 Å². The average molecular weight is 1740 g/mol. The van der Waals surface area contributed by atoms with Crippen LogP contribution in [0.1, 0.15) is 109 Å². The summed E-state index contributed by atoms with van der Waals surface area (Å²) in [5.41, 5.74) is 6.27. The number of benzene rings is 10. The number of alkyl halides is 3. The lowest BCUT2D eigenvalue weighted by molar-refractivity contribution is -0.167. The summed E-state index contributed by atoms with van der Waals surface area (Å²) < 4.78 is 85.7. The summed E-state index contributed by atoms with van der Waals surface area (Å²) in [7, 11) is -2.49. The van der Waals surface area contributed by atoms with E-state index in [4.69, 9.17) is 53.8 Å². The number of ether oxygens (including phenoxy) is 4. The van der Waals surface area contributed by atoms with Crippen molar-refractivity contribution in [1.29, 1.82) is 0 Å². The second kappa shape index (κ2) is 44.8. The molecule has 121 heavy (non-hydrogen) atoms. The number of amides is 7. The number of rotatable bonds is 27. The molecular formula is C88H93Cl3F3N9O17S. The maximum Gasteiger partial charge on any atom is 0.471 e. The molecule has 0 aliphatic rings. The van der Waals surface area contributed by atoms with Crippen molar-refractivity contribution in [1.82, 2.24) is 6.15 Å². The second-order valence-corrected chi connectivity index (χ2v) is 30.4. The minimum absolute atomic E-state index is 0. The van der Waals surface area contributed by atoms with E-state index in [1.54, 1.807) is 119 Å². The number of hydrogen-bond donors (Lipinski definition) is 12. The quantitative estimate of drug-likeness (QED) is 0.0168. The third-order valence-electron chi connectivity index (χ3n) is 17.6. The highest BCUT2D eigenvalue weighted by Crippen LogP contribution is 2.42. The van der Waals surface area contributed by atoms with Crippen LogP contribution >= 0.6 is 34.8 Å². The topological polar surface area (TPSA) is 403 Å². The van der Waals surface area contributed by atoms with Crippen LogP contribution in [0.15, 0.2) is 204 Å². The Hall–Kier alpha value is -12.9. The van der Waals surface area contributed by atoms with Crippen molar-refractivity contribution in [2.24, 2.45) is 10.9 Å². The Kier molecular flexibility index (Phi) is 35.9. The largest absolute Gasteiger partial charge is 0.506 e. The van der Waals surface area contributed by atoms with Crippen molar-refractivity contribution < 1.29 is 94.5 Å². The zero-order chi connectivity index (χ0) is 88.5. The third-order valence-corrected chi connectivity index (χ3v) is 20.8. The first-order chi connectivity index (χ1) is 56.8. The average Bonchev–Trinajstić information content (AvgIpc) is 0.719. The number of carbonyl (C=O) groups is 7. The molecular weight excluding hydrogens is 1650 g/mol. The lowest BCUT2D eigenvalue weighted by Gasteiger charge is -2.20. The van der Waals surface area contributed by atoms with Gasteiger partial charge in [-0.05, 0) is 198 Å². The predicted octanol–water partition coefficient (Wildman–Crippen LogP) is 20.0. The lowest BCUT2D eigenvalue weighted by Crippen LogP contribution is -2.35. The van der Waals surface area contributed by atoms with Gasteiger partial charge in [0.15, 0.2) is 33.5 Å². The molecule has 3 unspecified atom stereocenters. The zero-order valence-corrected chi connectivity index (χ0v) is 70.8. The summed E-state index contributed by atoms with van der Waals surface area (Å²) >= 11 is 18.3. The normalized spacial score (nSPS) is 11.5. The molecule has 0 spiro atoms. The summed E-state index contributed by atoms with van der Waals surface area (Å²) in [6, 6.07) is 51.8. The Labute approximate surface area is 713 Å². The molecule has 7 amide bonds. The van der Waals surface area contributed by atoms with Crippen molar-refractivity contribution in [3.8, 4) is 51.7 Å². The van der Waals surface area contributed by atoms with Crippen molar-refractivity contribution >= 4 is 138 Å². The first-order valence-corrected chi connectivity index (χ1v) is 39.9. The van der Waals surface area contributed by atoms with Gasteiger partial charge in [-0.1, -0.05) is 137 Å². The number of phenols is 4. The molecule has 0 heterocycles. The zero-order valence-electron chi connectivity index (χ0n) is 67.7. The Bertz CT molecular complexity index is 5480. The molecule has 0 aliphatic carbocycles. The van der Waals surface area contributed by atoms with E-state index < -0.39 is 62.6 Å². The van der Waals surface area contributed by atoms with Crippen molar-refractivity contribution in [2.45, 2.75) is 123 Å². The molecule has 0 radical (unpaired) electrons. The fraction of sp³-hybridized carbons (Fsp3) is 0.227. The van der Waals surface area contributed by atoms with Gasteiger partial charge in [0.25, 0.3) is 23.6 Å². The van der Waals surface area contributed by atoms with Gasteiger partial charge in [0.1, 0.15) is 45.5 Å². The van der Waals surface area contributed by atoms with E-state index >= 15 is 0 Å². The van der Waals surface area contributed by atoms with Gasteiger partial charge in [-0.3, -0.25) is 38.6 Å². The summed E-state index contributed by atoms with van der Waals surface area (Å²) in [6.07, 6.45) is -5.13. The van der Waals surface area contributed by atoms with E-state index in [1.807, 2.05) is 84.0 Å². The van der Waals surface area contributed by atoms with Gasteiger partial charge in [-0.2, -0.15) is 13.2 Å². The van der Waals surface area contributed by atoms with Gasteiger partial charge in [-0.25, -0.2) is 8.42 Å². The van der Waals surface area contributed by atoms with Crippen molar-refractivity contribution in [3.63, 3.8) is 0 Å². The van der Waals surface area contributed by atoms with E-state index in [0.29, 0.717) is 80.9 Å². The number of aryl methyl sites for hydroxylation is 4. The molecule has 10 aromatic carbocycles. The number of halogens is 6. The van der Waals surface area contributed by atoms with Crippen LogP contribution in [0.3, 0.4) is 0 Å². The fourth-order valence-electron chi connectivity index (χ4n) is 11.1. The fourth-order valence-corrected chi connectivity index (χ4v) is 13.7. The van der Waals surface area contributed by atoms with Crippen LogP contribution in [0.4, 0.5) is 58.7 Å². The number of anilines is 7. The first-order valence-electron chi connectivity index (χ1n) is 37.2. The smallest absolute Gasteiger partial charge is 0.471 e. The molecule has 0 saturated carbocycles. The van der Waals surface area contributed by atoms with Crippen molar-refractivity contribution in [2.75, 3.05) is 44.3 Å². The standard InChI is InChI=1S/C25H25N3O5.C24H24N2O4.C20H23Cl2NO3.C19H18ClF3N2O5S.H3N/c1-15(2)24(30)28-21-13-22(29)20(27-25(31)16-5-7-17(26-3)8-6-16)14-23(21)33-19-11-9-18(32-4)10-12-19;1-3-22(30-19-11-7-8-16(2)14-19)24(29)25-18-12-13-20(21(27)15-18)26-23(28)17-9-5-4-6-10-17;1-5-13-14(21)10-15(19(24)18(13)22)23-20(25)16(6-2)26-17-8-7-11(3)9-12(17)4;1-3-16(31(29,30)11-6-4-5-10(2)7-11)17(27)24-13-9-15(26)14(8-12(13)20)25-18(28)19(21,22)23;/h5-15,29H,3H2,1-2,4H3,(H,27,31)(H,28,30);4-15,22,27H,3H2,1-2H3,(H,25,29)(H,26,28);7-10,16,24H,5-6H2,1-4H3,(H,23,25);4-9,16,26H,3H2,1-2H3,(H,24,27)(H,25,28);1H3. The maximum atomic E-state index is 12.9. The van der Waals surface area contributed by atoms with Gasteiger partial charge in [0.05, 0.1) is 61.9 Å². The predicted molar refractivity (Wildman–Crippen MR) is 466 cm³/mol. The van der Waals surface area contributed by atoms with Crippen LogP contribution in [0, 0.1) is 33.6 Å². The van der Waals surface area contributed by atoms with Gasteiger partial charge in [0, 0.05) is 52.0 Å². The Morgan fingerprint density at radius 1 is 0.488 bits per heavy atom. The third kappa shape index (κ3) is 27.6. The minimum Gasteiger partial charge on any atom is -0.506 e. The highest BCUT2D eigenvalue weighted by atomic mass is 35.5. The van der Waals surface area contributed by atoms with Crippen molar-refractivity contribution in [3.05, 3.63) is 248 Å². The SMILES string of the molecule is C=Nc1ccc(C(=O)Nc2cc(Oc3ccc(OC)cc3)c(NC(=O)C(C)C)cc2O)cc1.CCC(C(=O)Nc1cc(O)c(NC(=O)C(F)(F)F)cc1Cl)S(=O)(=O)c1cccc(C)c1.CCC(Oc1cccc(C)c1)C(=O)Nc1ccc(NC(=O)c2ccccc2)c(O)c1.CCc1c(Cl)cc(NC(=O)C(CC)Oc2ccc(C)cc2C)c(O)c1Cl.N. The number of aliphatic imine (C=N–C) groups is 1. The van der Waals surface area contributed by atoms with Crippen LogP contribution in [0.5, 0.6) is 51.7 Å². The summed E-state index contributed by atoms with van der Waals surface area (Å²) in [5, 5.41) is 56.8. The molecule has 10 rings (SSSR count). The number of phenolic OH excluding ortho intramolecular Hbond substituents is 4. The molecule has 14 N–H and O–H groups in total. The van der Waals surface area contributed by atoms with E-state index in [2.05, 4.69) is 43.6 Å². The van der Waals surface area contributed by atoms with Crippen LogP contribution in [0.25, 0.3) is 0 Å². The highest BCUT2D eigenvalue weighted by molar-refractivity contribution is 7.92. The van der Waals surface area contributed by atoms with Crippen LogP contribution < -0.4 is 62.3 Å². The Morgan fingerprint density at radius 3 is 1.59 bits per heavy atom. The van der Waals surface area contributed by atoms with Gasteiger partial charge in [0.2, 0.25) is 11.8 Å². The number of nitrogens with zero attached hydrogens (tertiary/aromatic N) is 1. The molecule has 26 nitrogen and oxygen atoms in total. The first kappa shape index (κ1) is 97.0. The highest BCUT2D eigenvalue weighted by Gasteiger charge is 2.40. The Balaban J connectivity index is 0.000000250. The number of hydrogen-bond acceptors (Lipinski definition) is 19. The number of carbonyl (C=O) groups excluding carboxylic acids is 7. The summed E-state index contributed by atoms with van der Waals surface area (Å²) in [6.45, 7) is 21.6. The van der Waals surface area contributed by atoms with Crippen LogP contribution in [0.2, 0.25) is 15.1 Å². The molecule has 33 heteroatoms. The summed E-state index contributed by atoms with van der Waals surface area (Å²) in [4.78, 5) is 89.8. The molecule has 0 aliphatic heterocycles. The minimum atomic E-state index is -5.19. The number of nitrogens with one attached hydrogen (secondary N) is 7. The molecule has 0 fully saturated rings. The molecule has 0 aromatic heterocycles. The molecule has 3 atom stereocenters. The number of sulfone groups is 1. The molecule has 640 valence electrons. The number of aromatic hydroxyl groups is 4. The van der Waals surface area contributed by atoms with E-state index in [-0.39, 0.29) is 108 Å². The lowest BCUT2D eigenvalue weighted by atomic mass is 10.1. The monoisotopic (exact) mass is 1740 g/mol. The maximum absolute atomic E-state index is 12.9. The van der Waals surface area contributed by atoms with E-state index in [9.17, 15) is 75.6 Å². The molecule has 10 aromatic rings. The van der Waals surface area contributed by atoms with Gasteiger partial charge < -0.3 is 82.7 Å². The molecule has 0 saturated heterocycles. The summed E-state index contributed by atoms with van der Waals surface area (Å²) in [5.74, 6) is -3.99. The van der Waals surface area contributed by atoms with Gasteiger partial charge in [-0.15, -0.1) is 0 Å². The molecule has 0 bridgehead atoms.